The monoisotopic (exact) mass is 546 g/mol. The average molecular weight is 546 g/mol. The predicted octanol–water partition coefficient (Wildman–Crippen LogP) is 5.21. The van der Waals surface area contributed by atoms with E-state index in [0.29, 0.717) is 18.6 Å². The van der Waals surface area contributed by atoms with E-state index in [1.54, 1.807) is 23.0 Å². The molecular formula is C18H16I2N2O2. The molecule has 6 heteroatoms. The van der Waals surface area contributed by atoms with Gasteiger partial charge in [-0.3, -0.25) is 4.79 Å². The van der Waals surface area contributed by atoms with Crippen LogP contribution in [0.25, 0.3) is 0 Å². The lowest BCUT2D eigenvalue weighted by Crippen LogP contribution is -2.36. The maximum atomic E-state index is 12.8. The first-order valence-corrected chi connectivity index (χ1v) is 9.51. The molecular weight excluding hydrogens is 530 g/mol. The number of benzene rings is 1. The first-order valence-electron chi connectivity index (χ1n) is 7.38. The standard InChI is InChI=1S/C18H16I2N2O2/c1-17(2)8-13(23)15(14(9-17)24-20)18(10-21,11-22)16(19)12-6-4-3-5-7-12/h3-7,16H,8-9H2,1-2H3. The summed E-state index contributed by atoms with van der Waals surface area (Å²) in [6.45, 7) is 3.97. The number of nitriles is 2. The third-order valence-electron chi connectivity index (χ3n) is 4.15. The number of Topliss-reactive ketones (excluding diaryl/α,β-unsaturated/α-hetero) is 1. The van der Waals surface area contributed by atoms with Crippen molar-refractivity contribution < 1.29 is 7.86 Å². The third kappa shape index (κ3) is 3.45. The molecule has 2 rings (SSSR count). The smallest absolute Gasteiger partial charge is 0.192 e. The lowest BCUT2D eigenvalue weighted by molar-refractivity contribution is -0.119. The molecule has 0 N–H and O–H groups in total. The lowest BCUT2D eigenvalue weighted by atomic mass is 9.67. The molecule has 1 unspecified atom stereocenters. The van der Waals surface area contributed by atoms with Crippen LogP contribution < -0.4 is 0 Å². The highest BCUT2D eigenvalue weighted by molar-refractivity contribution is 14.1. The van der Waals surface area contributed by atoms with Gasteiger partial charge in [0.05, 0.1) is 21.6 Å². The van der Waals surface area contributed by atoms with E-state index in [4.69, 9.17) is 3.07 Å². The second kappa shape index (κ2) is 7.40. The topological polar surface area (TPSA) is 73.9 Å². The van der Waals surface area contributed by atoms with Crippen LogP contribution >= 0.6 is 45.6 Å². The zero-order valence-corrected chi connectivity index (χ0v) is 17.7. The molecule has 0 aromatic heterocycles. The molecule has 1 aliphatic carbocycles. The maximum absolute atomic E-state index is 12.8. The molecule has 124 valence electrons. The fraction of sp³-hybridized carbons (Fsp3) is 0.389. The molecule has 1 atom stereocenters. The summed E-state index contributed by atoms with van der Waals surface area (Å²) < 4.78 is 4.95. The zero-order valence-electron chi connectivity index (χ0n) is 13.3. The molecule has 0 saturated carbocycles. The fourth-order valence-corrected chi connectivity index (χ4v) is 4.40. The zero-order chi connectivity index (χ0) is 18.0. The number of hydrogen-bond acceptors (Lipinski definition) is 4. The molecule has 1 aromatic carbocycles. The Labute approximate surface area is 169 Å². The molecule has 0 aliphatic heterocycles. The van der Waals surface area contributed by atoms with Gasteiger partial charge >= 0.3 is 0 Å². The van der Waals surface area contributed by atoms with Gasteiger partial charge in [-0.15, -0.1) is 0 Å². The number of nitrogens with zero attached hydrogens (tertiary/aromatic N) is 2. The minimum absolute atomic E-state index is 0.182. The van der Waals surface area contributed by atoms with Crippen molar-refractivity contribution in [2.45, 2.75) is 30.6 Å². The van der Waals surface area contributed by atoms with Gasteiger partial charge in [0.1, 0.15) is 5.76 Å². The minimum atomic E-state index is -1.57. The Hall–Kier alpha value is -1.13. The number of ketones is 1. The number of carbonyl (C=O) groups is 1. The van der Waals surface area contributed by atoms with Crippen molar-refractivity contribution in [2.24, 2.45) is 10.8 Å². The number of carbonyl (C=O) groups excluding carboxylic acids is 1. The molecule has 1 aromatic rings. The van der Waals surface area contributed by atoms with Gasteiger partial charge in [0, 0.05) is 12.8 Å². The second-order valence-electron chi connectivity index (χ2n) is 6.62. The summed E-state index contributed by atoms with van der Waals surface area (Å²) in [6.07, 6.45) is 0.829. The minimum Gasteiger partial charge on any atom is -0.432 e. The second-order valence-corrected chi connectivity index (χ2v) is 8.31. The summed E-state index contributed by atoms with van der Waals surface area (Å²) in [4.78, 5) is 12.8. The molecule has 0 saturated heterocycles. The first kappa shape index (κ1) is 19.2. The van der Waals surface area contributed by atoms with Crippen molar-refractivity contribution >= 4 is 51.4 Å². The Morgan fingerprint density at radius 2 is 1.79 bits per heavy atom. The van der Waals surface area contributed by atoms with E-state index < -0.39 is 9.34 Å². The molecule has 1 aliphatic rings. The highest BCUT2D eigenvalue weighted by Crippen LogP contribution is 2.51. The Morgan fingerprint density at radius 3 is 2.29 bits per heavy atom. The van der Waals surface area contributed by atoms with Crippen molar-refractivity contribution in [1.82, 2.24) is 0 Å². The number of alkyl halides is 1. The summed E-state index contributed by atoms with van der Waals surface area (Å²) >= 11 is 3.81. The number of rotatable bonds is 4. The maximum Gasteiger partial charge on any atom is 0.192 e. The van der Waals surface area contributed by atoms with Crippen molar-refractivity contribution in [3.63, 3.8) is 0 Å². The molecule has 4 nitrogen and oxygen atoms in total. The van der Waals surface area contributed by atoms with Gasteiger partial charge in [-0.2, -0.15) is 10.5 Å². The molecule has 0 bridgehead atoms. The summed E-state index contributed by atoms with van der Waals surface area (Å²) in [7, 11) is 0. The van der Waals surface area contributed by atoms with Crippen LogP contribution in [-0.4, -0.2) is 5.78 Å². The first-order chi connectivity index (χ1) is 11.3. The van der Waals surface area contributed by atoms with Crippen LogP contribution in [0.5, 0.6) is 0 Å². The van der Waals surface area contributed by atoms with E-state index in [1.165, 1.54) is 0 Å². The van der Waals surface area contributed by atoms with Gasteiger partial charge in [0.15, 0.2) is 34.2 Å². The highest BCUT2D eigenvalue weighted by atomic mass is 127. The van der Waals surface area contributed by atoms with Crippen LogP contribution in [0.1, 0.15) is 36.2 Å². The molecule has 0 radical (unpaired) electrons. The number of halogens is 2. The highest BCUT2D eigenvalue weighted by Gasteiger charge is 2.51. The van der Waals surface area contributed by atoms with Gasteiger partial charge < -0.3 is 3.07 Å². The average Bonchev–Trinajstić information content (AvgIpc) is 2.57. The molecule has 0 heterocycles. The van der Waals surface area contributed by atoms with Gasteiger partial charge in [0.2, 0.25) is 0 Å². The summed E-state index contributed by atoms with van der Waals surface area (Å²) in [5.41, 5.74) is -0.773. The largest absolute Gasteiger partial charge is 0.432 e. The van der Waals surface area contributed by atoms with Crippen LogP contribution in [0.15, 0.2) is 41.7 Å². The fourth-order valence-electron chi connectivity index (χ4n) is 3.02. The van der Waals surface area contributed by atoms with E-state index in [2.05, 4.69) is 34.7 Å². The van der Waals surface area contributed by atoms with E-state index in [-0.39, 0.29) is 16.8 Å². The van der Waals surface area contributed by atoms with E-state index in [1.807, 2.05) is 44.2 Å². The Balaban J connectivity index is 2.66. The number of allylic oxidation sites excluding steroid dienone is 2. The number of hydrogen-bond donors (Lipinski definition) is 0. The lowest BCUT2D eigenvalue weighted by Gasteiger charge is -2.36. The SMILES string of the molecule is CC1(C)CC(=O)C(C(C#N)(C#N)C(I)c2ccccc2)=C(OI)C1. The van der Waals surface area contributed by atoms with Crippen molar-refractivity contribution in [3.8, 4) is 12.1 Å². The van der Waals surface area contributed by atoms with E-state index in [9.17, 15) is 15.3 Å². The predicted molar refractivity (Wildman–Crippen MR) is 107 cm³/mol. The Morgan fingerprint density at radius 1 is 1.21 bits per heavy atom. The molecule has 0 fully saturated rings. The van der Waals surface area contributed by atoms with E-state index >= 15 is 0 Å². The van der Waals surface area contributed by atoms with Gasteiger partial charge in [-0.25, -0.2) is 0 Å². The van der Waals surface area contributed by atoms with Crippen LogP contribution in [0.2, 0.25) is 0 Å². The van der Waals surface area contributed by atoms with Crippen molar-refractivity contribution in [2.75, 3.05) is 0 Å². The van der Waals surface area contributed by atoms with Crippen molar-refractivity contribution in [3.05, 3.63) is 47.2 Å². The van der Waals surface area contributed by atoms with Crippen LogP contribution in [0.4, 0.5) is 0 Å². The van der Waals surface area contributed by atoms with Crippen LogP contribution in [0.3, 0.4) is 0 Å². The molecule has 0 spiro atoms. The Bertz CT molecular complexity index is 743. The van der Waals surface area contributed by atoms with Gasteiger partial charge in [-0.1, -0.05) is 66.8 Å². The summed E-state index contributed by atoms with van der Waals surface area (Å²) in [5.74, 6) is 0.260. The van der Waals surface area contributed by atoms with Crippen molar-refractivity contribution in [1.29, 1.82) is 10.5 Å². The van der Waals surface area contributed by atoms with E-state index in [0.717, 1.165) is 5.56 Å². The van der Waals surface area contributed by atoms with Crippen LogP contribution in [-0.2, 0) is 7.86 Å². The normalized spacial score (nSPS) is 18.5. The van der Waals surface area contributed by atoms with Gasteiger partial charge in [0.25, 0.3) is 0 Å². The van der Waals surface area contributed by atoms with Gasteiger partial charge in [-0.05, 0) is 11.0 Å². The molecule has 0 amide bonds. The third-order valence-corrected chi connectivity index (χ3v) is 6.33. The van der Waals surface area contributed by atoms with Crippen LogP contribution in [0, 0.1) is 33.5 Å². The summed E-state index contributed by atoms with van der Waals surface area (Å²) in [5, 5.41) is 19.8. The molecule has 24 heavy (non-hydrogen) atoms. The Kier molecular flexibility index (Phi) is 5.92. The summed E-state index contributed by atoms with van der Waals surface area (Å²) in [6, 6.07) is 13.6. The quantitative estimate of drug-likeness (QED) is 0.385.